The van der Waals surface area contributed by atoms with Gasteiger partial charge in [-0.15, -0.1) is 0 Å². The molecule has 1 heterocycles. The smallest absolute Gasteiger partial charge is 0.325 e. The number of hydrogen-bond donors (Lipinski definition) is 2. The van der Waals surface area contributed by atoms with Crippen LogP contribution in [0.2, 0.25) is 0 Å². The fraction of sp³-hybridized carbons (Fsp3) is 0.810. The van der Waals surface area contributed by atoms with Crippen LogP contribution in [-0.4, -0.2) is 52.4 Å². The number of hydrogen-bond acceptors (Lipinski definition) is 5. The van der Waals surface area contributed by atoms with E-state index in [0.29, 0.717) is 17.8 Å². The predicted molar refractivity (Wildman–Crippen MR) is 104 cm³/mol. The molecule has 0 spiro atoms. The van der Waals surface area contributed by atoms with Gasteiger partial charge in [0.05, 0.1) is 6.42 Å². The van der Waals surface area contributed by atoms with Crippen LogP contribution in [0.5, 0.6) is 0 Å². The Morgan fingerprint density at radius 3 is 2.17 bits per heavy atom. The van der Waals surface area contributed by atoms with Gasteiger partial charge in [0.2, 0.25) is 0 Å². The molecule has 0 aromatic rings. The van der Waals surface area contributed by atoms with Crippen LogP contribution in [0, 0.1) is 17.8 Å². The maximum atomic E-state index is 12.7. The minimum absolute atomic E-state index is 0.0593. The van der Waals surface area contributed by atoms with Crippen LogP contribution in [-0.2, 0) is 19.1 Å². The molecule has 1 saturated heterocycles. The Morgan fingerprint density at radius 1 is 1.14 bits per heavy atom. The standard InChI is InChI=1S/C21H31N3O5/c1-12(29-16(25)4-5-24-18(27)20(2,3)23-19(24)28)17(26)22-21-9-13-6-14(10-21)8-15(7-13)11-21/h12-15H,4-11H2,1-3H3,(H,22,26)(H,23,28)/t12-,13?,14?,15?,21?/m1/s1. The van der Waals surface area contributed by atoms with E-state index < -0.39 is 23.6 Å². The van der Waals surface area contributed by atoms with Crippen molar-refractivity contribution in [2.75, 3.05) is 6.54 Å². The average molecular weight is 405 g/mol. The molecule has 8 nitrogen and oxygen atoms in total. The van der Waals surface area contributed by atoms with Crippen molar-refractivity contribution in [3.05, 3.63) is 0 Å². The van der Waals surface area contributed by atoms with Crippen LogP contribution in [0.15, 0.2) is 0 Å². The van der Waals surface area contributed by atoms with Crippen LogP contribution in [0.25, 0.3) is 0 Å². The minimum atomic E-state index is -0.966. The van der Waals surface area contributed by atoms with Crippen molar-refractivity contribution in [1.82, 2.24) is 15.5 Å². The first-order valence-electron chi connectivity index (χ1n) is 10.7. The highest BCUT2D eigenvalue weighted by molar-refractivity contribution is 6.06. The summed E-state index contributed by atoms with van der Waals surface area (Å²) in [6.07, 6.45) is 5.95. The maximum Gasteiger partial charge on any atom is 0.325 e. The van der Waals surface area contributed by atoms with Crippen molar-refractivity contribution in [3.63, 3.8) is 0 Å². The Morgan fingerprint density at radius 2 is 1.69 bits per heavy atom. The number of nitrogens with one attached hydrogen (secondary N) is 2. The third-order valence-electron chi connectivity index (χ3n) is 7.09. The van der Waals surface area contributed by atoms with Crippen molar-refractivity contribution >= 4 is 23.8 Å². The molecule has 160 valence electrons. The third kappa shape index (κ3) is 3.85. The van der Waals surface area contributed by atoms with Crippen LogP contribution in [0.4, 0.5) is 4.79 Å². The molecule has 5 aliphatic rings. The Bertz CT molecular complexity index is 711. The number of urea groups is 1. The molecule has 2 N–H and O–H groups in total. The third-order valence-corrected chi connectivity index (χ3v) is 7.09. The van der Waals surface area contributed by atoms with Gasteiger partial charge in [-0.3, -0.25) is 19.3 Å². The lowest BCUT2D eigenvalue weighted by atomic mass is 9.53. The van der Waals surface area contributed by atoms with Crippen LogP contribution < -0.4 is 10.6 Å². The Labute approximate surface area is 171 Å². The van der Waals surface area contributed by atoms with Gasteiger partial charge in [0.1, 0.15) is 5.54 Å². The van der Waals surface area contributed by atoms with Crippen molar-refractivity contribution in [2.45, 2.75) is 82.9 Å². The number of ether oxygens (including phenoxy) is 1. The lowest BCUT2D eigenvalue weighted by Gasteiger charge is -2.57. The summed E-state index contributed by atoms with van der Waals surface area (Å²) in [6.45, 7) is 4.74. The van der Waals surface area contributed by atoms with Gasteiger partial charge >= 0.3 is 12.0 Å². The molecular formula is C21H31N3O5. The van der Waals surface area contributed by atoms with E-state index in [4.69, 9.17) is 4.74 Å². The Kier molecular flexibility index (Phi) is 4.86. The average Bonchev–Trinajstić information content (AvgIpc) is 2.78. The van der Waals surface area contributed by atoms with E-state index in [1.54, 1.807) is 20.8 Å². The molecule has 0 radical (unpaired) electrons. The second kappa shape index (κ2) is 6.99. The molecule has 0 unspecified atom stereocenters. The van der Waals surface area contributed by atoms with E-state index in [2.05, 4.69) is 10.6 Å². The quantitative estimate of drug-likeness (QED) is 0.517. The van der Waals surface area contributed by atoms with Crippen molar-refractivity contribution in [1.29, 1.82) is 0 Å². The van der Waals surface area contributed by atoms with Crippen LogP contribution in [0.1, 0.15) is 65.7 Å². The number of imide groups is 1. The van der Waals surface area contributed by atoms with E-state index in [1.807, 2.05) is 0 Å². The lowest BCUT2D eigenvalue weighted by Crippen LogP contribution is -2.61. The van der Waals surface area contributed by atoms with Crippen molar-refractivity contribution in [2.24, 2.45) is 17.8 Å². The molecule has 29 heavy (non-hydrogen) atoms. The second-order valence-corrected chi connectivity index (χ2v) is 10.1. The molecular weight excluding hydrogens is 374 g/mol. The molecule has 0 aromatic heterocycles. The summed E-state index contributed by atoms with van der Waals surface area (Å²) in [5.74, 6) is 0.927. The molecule has 4 amide bonds. The van der Waals surface area contributed by atoms with Crippen molar-refractivity contribution < 1.29 is 23.9 Å². The van der Waals surface area contributed by atoms with Gasteiger partial charge < -0.3 is 15.4 Å². The van der Waals surface area contributed by atoms with Gasteiger partial charge in [0.25, 0.3) is 11.8 Å². The number of carbonyl (C=O) groups excluding carboxylic acids is 4. The first-order chi connectivity index (χ1) is 13.6. The Hall–Kier alpha value is -2.12. The zero-order valence-electron chi connectivity index (χ0n) is 17.5. The highest BCUT2D eigenvalue weighted by Crippen LogP contribution is 2.55. The van der Waals surface area contributed by atoms with Crippen LogP contribution in [0.3, 0.4) is 0 Å². The molecule has 4 aliphatic carbocycles. The summed E-state index contributed by atoms with van der Waals surface area (Å²) in [6, 6.07) is -0.514. The number of nitrogens with zero attached hydrogens (tertiary/aromatic N) is 1. The SMILES string of the molecule is C[C@@H](OC(=O)CCN1C(=O)NC(C)(C)C1=O)C(=O)NC12CC3CC(CC(C3)C1)C2. The van der Waals surface area contributed by atoms with Crippen LogP contribution >= 0.6 is 0 Å². The summed E-state index contributed by atoms with van der Waals surface area (Å²) < 4.78 is 5.29. The minimum Gasteiger partial charge on any atom is -0.452 e. The number of rotatable bonds is 6. The van der Waals surface area contributed by atoms with E-state index >= 15 is 0 Å². The fourth-order valence-electron chi connectivity index (χ4n) is 6.16. The van der Waals surface area contributed by atoms with Gasteiger partial charge in [-0.05, 0) is 77.0 Å². The molecule has 0 aromatic carbocycles. The van der Waals surface area contributed by atoms with E-state index in [0.717, 1.165) is 24.2 Å². The van der Waals surface area contributed by atoms with E-state index in [9.17, 15) is 19.2 Å². The molecule has 1 atom stereocenters. The second-order valence-electron chi connectivity index (χ2n) is 10.1. The lowest BCUT2D eigenvalue weighted by molar-refractivity contribution is -0.157. The normalized spacial score (nSPS) is 35.4. The summed E-state index contributed by atoms with van der Waals surface area (Å²) >= 11 is 0. The maximum absolute atomic E-state index is 12.7. The Balaban J connectivity index is 1.26. The number of carbonyl (C=O) groups is 4. The summed E-state index contributed by atoms with van der Waals surface area (Å²) in [5, 5.41) is 5.78. The van der Waals surface area contributed by atoms with Gasteiger partial charge in [-0.2, -0.15) is 0 Å². The molecule has 5 rings (SSSR count). The van der Waals surface area contributed by atoms with Gasteiger partial charge in [-0.25, -0.2) is 4.79 Å². The zero-order chi connectivity index (χ0) is 21.0. The highest BCUT2D eigenvalue weighted by Gasteiger charge is 2.52. The topological polar surface area (TPSA) is 105 Å². The fourth-order valence-corrected chi connectivity index (χ4v) is 6.16. The van der Waals surface area contributed by atoms with E-state index in [1.165, 1.54) is 19.3 Å². The monoisotopic (exact) mass is 405 g/mol. The number of esters is 1. The zero-order valence-corrected chi connectivity index (χ0v) is 17.5. The summed E-state index contributed by atoms with van der Waals surface area (Å²) in [5.41, 5.74) is -1.09. The summed E-state index contributed by atoms with van der Waals surface area (Å²) in [7, 11) is 0. The van der Waals surface area contributed by atoms with Gasteiger partial charge in [0, 0.05) is 12.1 Å². The van der Waals surface area contributed by atoms with Crippen molar-refractivity contribution in [3.8, 4) is 0 Å². The van der Waals surface area contributed by atoms with Gasteiger partial charge in [-0.1, -0.05) is 0 Å². The summed E-state index contributed by atoms with van der Waals surface area (Å²) in [4.78, 5) is 49.9. The molecule has 4 saturated carbocycles. The molecule has 8 heteroatoms. The highest BCUT2D eigenvalue weighted by atomic mass is 16.5. The predicted octanol–water partition coefficient (Wildman–Crippen LogP) is 1.72. The molecule has 1 aliphatic heterocycles. The molecule has 4 bridgehead atoms. The largest absolute Gasteiger partial charge is 0.452 e. The molecule has 5 fully saturated rings. The first-order valence-corrected chi connectivity index (χ1v) is 10.7. The van der Waals surface area contributed by atoms with E-state index in [-0.39, 0.29) is 30.3 Å². The number of amides is 4. The van der Waals surface area contributed by atoms with Gasteiger partial charge in [0.15, 0.2) is 6.10 Å². The first kappa shape index (κ1) is 20.2.